The Bertz CT molecular complexity index is 409. The average Bonchev–Trinajstić information content (AvgIpc) is 2.35. The predicted octanol–water partition coefficient (Wildman–Crippen LogP) is 2.20. The molecule has 1 atom stereocenters. The second-order valence-corrected chi connectivity index (χ2v) is 4.16. The fourth-order valence-corrected chi connectivity index (χ4v) is 1.53. The Morgan fingerprint density at radius 2 is 1.82 bits per heavy atom. The summed E-state index contributed by atoms with van der Waals surface area (Å²) in [5, 5.41) is 2.66. The van der Waals surface area contributed by atoms with E-state index in [0.717, 1.165) is 0 Å². The van der Waals surface area contributed by atoms with Crippen LogP contribution in [0.5, 0.6) is 0 Å². The van der Waals surface area contributed by atoms with Crippen LogP contribution >= 0.6 is 0 Å². The predicted molar refractivity (Wildman–Crippen MR) is 67.7 cm³/mol. The lowest BCUT2D eigenvalue weighted by Gasteiger charge is -2.20. The summed E-state index contributed by atoms with van der Waals surface area (Å²) in [6.07, 6.45) is 1.17. The number of ketones is 1. The van der Waals surface area contributed by atoms with E-state index >= 15 is 0 Å². The number of hydrogen-bond acceptors (Lipinski definition) is 2. The van der Waals surface area contributed by atoms with Crippen LogP contribution in [0.15, 0.2) is 43.0 Å². The zero-order valence-corrected chi connectivity index (χ0v) is 10.1. The summed E-state index contributed by atoms with van der Waals surface area (Å²) in [7, 11) is 0. The lowest BCUT2D eigenvalue weighted by Crippen LogP contribution is -2.43. The summed E-state index contributed by atoms with van der Waals surface area (Å²) < 4.78 is 0. The molecule has 0 spiro atoms. The smallest absolute Gasteiger partial charge is 0.243 e. The third-order valence-electron chi connectivity index (χ3n) is 2.49. The molecule has 0 saturated carbocycles. The number of nitrogens with one attached hydrogen (secondary N) is 1. The zero-order chi connectivity index (χ0) is 12.8. The maximum Gasteiger partial charge on any atom is 0.243 e. The molecule has 1 unspecified atom stereocenters. The Morgan fingerprint density at radius 1 is 1.24 bits per heavy atom. The molecule has 1 amide bonds. The first-order valence-electron chi connectivity index (χ1n) is 5.58. The van der Waals surface area contributed by atoms with Gasteiger partial charge in [-0.1, -0.05) is 50.8 Å². The second kappa shape index (κ2) is 5.99. The normalized spacial score (nSPS) is 11.9. The first kappa shape index (κ1) is 13.2. The van der Waals surface area contributed by atoms with Gasteiger partial charge in [0.15, 0.2) is 5.78 Å². The first-order chi connectivity index (χ1) is 8.06. The molecule has 1 N–H and O–H groups in total. The number of carbonyl (C=O) groups is 2. The van der Waals surface area contributed by atoms with Crippen LogP contribution in [0.3, 0.4) is 0 Å². The molecule has 90 valence electrons. The minimum absolute atomic E-state index is 0.0339. The summed E-state index contributed by atoms with van der Waals surface area (Å²) in [5.41, 5.74) is 0.607. The minimum atomic E-state index is -0.511. The number of benzene rings is 1. The average molecular weight is 231 g/mol. The fourth-order valence-electron chi connectivity index (χ4n) is 1.53. The molecule has 0 aliphatic rings. The van der Waals surface area contributed by atoms with E-state index in [0.29, 0.717) is 5.56 Å². The Kier molecular flexibility index (Phi) is 4.64. The molecule has 3 nitrogen and oxygen atoms in total. The van der Waals surface area contributed by atoms with Gasteiger partial charge in [0.25, 0.3) is 0 Å². The van der Waals surface area contributed by atoms with E-state index in [1.165, 1.54) is 6.08 Å². The number of Topliss-reactive ketones (excluding diaryl/α,β-unsaturated/α-hetero) is 1. The molecule has 0 bridgehead atoms. The van der Waals surface area contributed by atoms with Crippen molar-refractivity contribution in [3.63, 3.8) is 0 Å². The van der Waals surface area contributed by atoms with Gasteiger partial charge in [-0.05, 0) is 12.0 Å². The van der Waals surface area contributed by atoms with E-state index in [1.54, 1.807) is 24.3 Å². The molecule has 0 saturated heterocycles. The molecular weight excluding hydrogens is 214 g/mol. The highest BCUT2D eigenvalue weighted by Crippen LogP contribution is 2.10. The number of amides is 1. The van der Waals surface area contributed by atoms with Crippen molar-refractivity contribution in [2.45, 2.75) is 19.9 Å². The Balaban J connectivity index is 2.88. The lowest BCUT2D eigenvalue weighted by atomic mass is 9.95. The largest absolute Gasteiger partial charge is 0.342 e. The van der Waals surface area contributed by atoms with E-state index in [1.807, 2.05) is 19.9 Å². The van der Waals surface area contributed by atoms with E-state index in [2.05, 4.69) is 11.9 Å². The summed E-state index contributed by atoms with van der Waals surface area (Å²) in [6, 6.07) is 8.45. The van der Waals surface area contributed by atoms with Crippen LogP contribution in [0.1, 0.15) is 24.2 Å². The number of carbonyl (C=O) groups excluding carboxylic acids is 2. The Morgan fingerprint density at radius 3 is 2.29 bits per heavy atom. The van der Waals surface area contributed by atoms with Crippen LogP contribution in [-0.4, -0.2) is 17.7 Å². The van der Waals surface area contributed by atoms with Gasteiger partial charge in [0.1, 0.15) is 0 Å². The monoisotopic (exact) mass is 231 g/mol. The molecule has 1 aromatic rings. The molecular formula is C14H17NO2. The molecule has 17 heavy (non-hydrogen) atoms. The van der Waals surface area contributed by atoms with Crippen LogP contribution in [0, 0.1) is 5.92 Å². The Hall–Kier alpha value is -1.90. The SMILES string of the molecule is C=CC(=O)NC(C(=O)c1ccccc1)C(C)C. The molecule has 1 aromatic carbocycles. The lowest BCUT2D eigenvalue weighted by molar-refractivity contribution is -0.117. The third-order valence-corrected chi connectivity index (χ3v) is 2.49. The summed E-state index contributed by atoms with van der Waals surface area (Å²) >= 11 is 0. The van der Waals surface area contributed by atoms with Crippen molar-refractivity contribution in [2.75, 3.05) is 0 Å². The highest BCUT2D eigenvalue weighted by molar-refractivity contribution is 6.03. The van der Waals surface area contributed by atoms with Crippen LogP contribution in [0.25, 0.3) is 0 Å². The minimum Gasteiger partial charge on any atom is -0.342 e. The number of rotatable bonds is 5. The standard InChI is InChI=1S/C14H17NO2/c1-4-12(16)15-13(10(2)3)14(17)11-8-6-5-7-9-11/h4-10,13H,1H2,2-3H3,(H,15,16). The van der Waals surface area contributed by atoms with Gasteiger partial charge in [-0.2, -0.15) is 0 Å². The fraction of sp³-hybridized carbons (Fsp3) is 0.286. The van der Waals surface area contributed by atoms with Crippen LogP contribution in [0.4, 0.5) is 0 Å². The van der Waals surface area contributed by atoms with Crippen molar-refractivity contribution in [3.8, 4) is 0 Å². The van der Waals surface area contributed by atoms with E-state index in [-0.39, 0.29) is 17.6 Å². The van der Waals surface area contributed by atoms with E-state index in [9.17, 15) is 9.59 Å². The molecule has 0 radical (unpaired) electrons. The summed E-state index contributed by atoms with van der Waals surface area (Å²) in [4.78, 5) is 23.5. The topological polar surface area (TPSA) is 46.2 Å². The Labute approximate surface area is 102 Å². The molecule has 0 aliphatic heterocycles. The molecule has 3 heteroatoms. The van der Waals surface area contributed by atoms with Gasteiger partial charge in [0.2, 0.25) is 5.91 Å². The molecule has 0 heterocycles. The third kappa shape index (κ3) is 3.55. The molecule has 1 rings (SSSR count). The molecule has 0 aromatic heterocycles. The van der Waals surface area contributed by atoms with Gasteiger partial charge >= 0.3 is 0 Å². The van der Waals surface area contributed by atoms with E-state index in [4.69, 9.17) is 0 Å². The van der Waals surface area contributed by atoms with Crippen LogP contribution < -0.4 is 5.32 Å². The van der Waals surface area contributed by atoms with Gasteiger partial charge in [-0.3, -0.25) is 9.59 Å². The summed E-state index contributed by atoms with van der Waals surface area (Å²) in [6.45, 7) is 7.18. The van der Waals surface area contributed by atoms with Gasteiger partial charge in [-0.15, -0.1) is 0 Å². The second-order valence-electron chi connectivity index (χ2n) is 4.16. The maximum atomic E-state index is 12.2. The van der Waals surface area contributed by atoms with Gasteiger partial charge < -0.3 is 5.32 Å². The van der Waals surface area contributed by atoms with Crippen LogP contribution in [0.2, 0.25) is 0 Å². The summed E-state index contributed by atoms with van der Waals surface area (Å²) in [5.74, 6) is -0.365. The highest BCUT2D eigenvalue weighted by atomic mass is 16.2. The van der Waals surface area contributed by atoms with Crippen molar-refractivity contribution in [1.82, 2.24) is 5.32 Å². The van der Waals surface area contributed by atoms with E-state index < -0.39 is 6.04 Å². The maximum absolute atomic E-state index is 12.2. The first-order valence-corrected chi connectivity index (χ1v) is 5.58. The zero-order valence-electron chi connectivity index (χ0n) is 10.1. The highest BCUT2D eigenvalue weighted by Gasteiger charge is 2.24. The van der Waals surface area contributed by atoms with Crippen molar-refractivity contribution >= 4 is 11.7 Å². The van der Waals surface area contributed by atoms with Crippen molar-refractivity contribution in [2.24, 2.45) is 5.92 Å². The molecule has 0 fully saturated rings. The van der Waals surface area contributed by atoms with Gasteiger partial charge in [0, 0.05) is 5.56 Å². The van der Waals surface area contributed by atoms with Gasteiger partial charge in [0.05, 0.1) is 6.04 Å². The van der Waals surface area contributed by atoms with Gasteiger partial charge in [-0.25, -0.2) is 0 Å². The van der Waals surface area contributed by atoms with Crippen molar-refractivity contribution in [1.29, 1.82) is 0 Å². The quantitative estimate of drug-likeness (QED) is 0.623. The van der Waals surface area contributed by atoms with Crippen LogP contribution in [-0.2, 0) is 4.79 Å². The number of hydrogen-bond donors (Lipinski definition) is 1. The molecule has 0 aliphatic carbocycles. The van der Waals surface area contributed by atoms with Crippen molar-refractivity contribution in [3.05, 3.63) is 48.6 Å². The van der Waals surface area contributed by atoms with Crippen molar-refractivity contribution < 1.29 is 9.59 Å².